The minimum absolute atomic E-state index is 0.315. The molecule has 0 saturated carbocycles. The Balaban J connectivity index is 2.72. The molecule has 0 aliphatic heterocycles. The maximum atomic E-state index is 12.1. The number of nitrogens with zero attached hydrogens (tertiary/aromatic N) is 2. The summed E-state index contributed by atoms with van der Waals surface area (Å²) < 4.78 is 7.42. The molecule has 4 nitrogen and oxygen atoms in total. The molecule has 0 aliphatic carbocycles. The van der Waals surface area contributed by atoms with Crippen LogP contribution in [0.15, 0.2) is 18.5 Å². The summed E-state index contributed by atoms with van der Waals surface area (Å²) in [4.78, 5) is 16.7. The molecule has 0 aliphatic rings. The van der Waals surface area contributed by atoms with Crippen molar-refractivity contribution in [2.24, 2.45) is 0 Å². The first-order valence-electron chi connectivity index (χ1n) is 8.82. The Kier molecular flexibility index (Phi) is 6.10. The summed E-state index contributed by atoms with van der Waals surface area (Å²) in [5.41, 5.74) is 1.18. The van der Waals surface area contributed by atoms with Crippen LogP contribution in [0.25, 0.3) is 11.0 Å². The van der Waals surface area contributed by atoms with Gasteiger partial charge in [-0.25, -0.2) is 9.78 Å². The molecule has 0 spiro atoms. The average Bonchev–Trinajstić information content (AvgIpc) is 2.92. The quantitative estimate of drug-likeness (QED) is 0.603. The number of fused-ring (bicyclic) bond motifs is 1. The van der Waals surface area contributed by atoms with E-state index in [9.17, 15) is 4.79 Å². The zero-order valence-electron chi connectivity index (χ0n) is 16.2. The molecule has 0 N–H and O–H groups in total. The van der Waals surface area contributed by atoms with E-state index in [2.05, 4.69) is 56.7 Å². The fourth-order valence-corrected chi connectivity index (χ4v) is 9.57. The van der Waals surface area contributed by atoms with Gasteiger partial charge < -0.3 is 4.74 Å². The highest BCUT2D eigenvalue weighted by Gasteiger charge is 2.37. The van der Waals surface area contributed by atoms with E-state index in [1.165, 1.54) is 0 Å². The predicted molar refractivity (Wildman–Crippen MR) is 109 cm³/mol. The van der Waals surface area contributed by atoms with Gasteiger partial charge in [-0.15, -0.1) is 0 Å². The first kappa shape index (κ1) is 20.1. The Bertz CT molecular complexity index is 746. The first-order valence-corrected chi connectivity index (χ1v) is 11.0. The zero-order chi connectivity index (χ0) is 18.9. The largest absolute Gasteiger partial charge is 0.462 e. The van der Waals surface area contributed by atoms with E-state index in [1.54, 1.807) is 13.1 Å². The van der Waals surface area contributed by atoms with Crippen LogP contribution in [-0.2, 0) is 4.74 Å². The number of carbonyl (C=O) groups is 1. The molecule has 2 rings (SSSR count). The van der Waals surface area contributed by atoms with Crippen molar-refractivity contribution in [3.63, 3.8) is 0 Å². The monoisotopic (exact) mass is 384 g/mol. The lowest BCUT2D eigenvalue weighted by atomic mass is 10.2. The number of hydrogen-bond donors (Lipinski definition) is 0. The number of pyridine rings is 1. The summed E-state index contributed by atoms with van der Waals surface area (Å²) in [6, 6.07) is 1.97. The van der Waals surface area contributed by atoms with Crippen LogP contribution in [-0.4, -0.2) is 37.3 Å². The standard InChI is InChI=1S/C19H29ClN2O2S/c1-8-24-19(23)16-11-21-18-15(17(16)20)9-10-22(18)25(12(2)3,13(4)5)14(6)7/h9-14H,8H2,1-7H3. The topological polar surface area (TPSA) is 44.1 Å². The second kappa shape index (κ2) is 7.58. The van der Waals surface area contributed by atoms with Gasteiger partial charge >= 0.3 is 5.97 Å². The van der Waals surface area contributed by atoms with Crippen LogP contribution in [0.5, 0.6) is 0 Å². The third kappa shape index (κ3) is 3.17. The van der Waals surface area contributed by atoms with E-state index in [0.29, 0.717) is 32.9 Å². The van der Waals surface area contributed by atoms with Gasteiger partial charge in [0, 0.05) is 33.5 Å². The van der Waals surface area contributed by atoms with Gasteiger partial charge in [0.25, 0.3) is 0 Å². The maximum absolute atomic E-state index is 12.1. The van der Waals surface area contributed by atoms with E-state index in [-0.39, 0.29) is 0 Å². The van der Waals surface area contributed by atoms with Crippen molar-refractivity contribution in [1.82, 2.24) is 8.96 Å². The van der Waals surface area contributed by atoms with Crippen LogP contribution in [0.4, 0.5) is 0 Å². The lowest BCUT2D eigenvalue weighted by molar-refractivity contribution is 0.0526. The van der Waals surface area contributed by atoms with E-state index in [4.69, 9.17) is 16.3 Å². The van der Waals surface area contributed by atoms with Crippen molar-refractivity contribution >= 4 is 38.8 Å². The number of hydrogen-bond acceptors (Lipinski definition) is 3. The Morgan fingerprint density at radius 2 is 1.76 bits per heavy atom. The molecule has 140 valence electrons. The molecule has 0 aromatic carbocycles. The Labute approximate surface area is 157 Å². The molecule has 25 heavy (non-hydrogen) atoms. The molecular weight excluding hydrogens is 356 g/mol. The van der Waals surface area contributed by atoms with Gasteiger partial charge in [0.1, 0.15) is 5.65 Å². The van der Waals surface area contributed by atoms with Gasteiger partial charge in [-0.05, 0) is 13.0 Å². The molecule has 0 fully saturated rings. The van der Waals surface area contributed by atoms with Crippen molar-refractivity contribution in [2.75, 3.05) is 6.61 Å². The van der Waals surface area contributed by atoms with Gasteiger partial charge in [-0.3, -0.25) is 3.97 Å². The molecular formula is C19H29ClN2O2S. The van der Waals surface area contributed by atoms with Crippen LogP contribution in [0.2, 0.25) is 5.02 Å². The van der Waals surface area contributed by atoms with Gasteiger partial charge in [0.15, 0.2) is 0 Å². The Morgan fingerprint density at radius 3 is 2.24 bits per heavy atom. The van der Waals surface area contributed by atoms with E-state index >= 15 is 0 Å². The SMILES string of the molecule is CCOC(=O)c1cnc2c(ccn2S(C(C)C)(C(C)C)C(C)C)c1Cl. The van der Waals surface area contributed by atoms with Crippen molar-refractivity contribution < 1.29 is 9.53 Å². The van der Waals surface area contributed by atoms with Crippen molar-refractivity contribution in [2.45, 2.75) is 64.2 Å². The third-order valence-corrected chi connectivity index (χ3v) is 10.6. The fourth-order valence-electron chi connectivity index (χ4n) is 3.95. The normalized spacial score (nSPS) is 13.2. The summed E-state index contributed by atoms with van der Waals surface area (Å²) in [5, 5.41) is 2.72. The van der Waals surface area contributed by atoms with Crippen LogP contribution >= 0.6 is 21.8 Å². The molecule has 0 radical (unpaired) electrons. The van der Waals surface area contributed by atoms with E-state index < -0.39 is 16.2 Å². The molecule has 6 heteroatoms. The van der Waals surface area contributed by atoms with E-state index in [0.717, 1.165) is 11.0 Å². The average molecular weight is 385 g/mol. The zero-order valence-corrected chi connectivity index (χ0v) is 17.7. The summed E-state index contributed by atoms with van der Waals surface area (Å²) in [5.74, 6) is -0.426. The first-order chi connectivity index (χ1) is 11.7. The van der Waals surface area contributed by atoms with Crippen molar-refractivity contribution in [3.05, 3.63) is 29.0 Å². The highest BCUT2D eigenvalue weighted by atomic mass is 35.5. The molecule has 0 saturated heterocycles. The summed E-state index contributed by atoms with van der Waals surface area (Å²) in [6.45, 7) is 15.8. The number of ether oxygens (including phenoxy) is 1. The van der Waals surface area contributed by atoms with Crippen LogP contribution < -0.4 is 0 Å². The second-order valence-electron chi connectivity index (χ2n) is 6.96. The number of carbonyl (C=O) groups excluding carboxylic acids is 1. The highest BCUT2D eigenvalue weighted by molar-refractivity contribution is 8.33. The smallest absolute Gasteiger partial charge is 0.341 e. The summed E-state index contributed by atoms with van der Waals surface area (Å²) in [6.07, 6.45) is 3.64. The minimum atomic E-state index is -1.19. The van der Waals surface area contributed by atoms with Gasteiger partial charge in [-0.2, -0.15) is 10.2 Å². The minimum Gasteiger partial charge on any atom is -0.462 e. The fraction of sp³-hybridized carbons (Fsp3) is 0.579. The summed E-state index contributed by atoms with van der Waals surface area (Å²) >= 11 is 6.53. The van der Waals surface area contributed by atoms with Crippen LogP contribution in [0, 0.1) is 0 Å². The summed E-state index contributed by atoms with van der Waals surface area (Å²) in [7, 11) is -1.19. The molecule has 0 amide bonds. The van der Waals surface area contributed by atoms with Crippen molar-refractivity contribution in [1.29, 1.82) is 0 Å². The Hall–Kier alpha value is -1.20. The third-order valence-electron chi connectivity index (χ3n) is 4.72. The molecule has 0 unspecified atom stereocenters. The number of rotatable bonds is 6. The van der Waals surface area contributed by atoms with Crippen molar-refractivity contribution in [3.8, 4) is 0 Å². The van der Waals surface area contributed by atoms with Gasteiger partial charge in [0.2, 0.25) is 0 Å². The maximum Gasteiger partial charge on any atom is 0.341 e. The van der Waals surface area contributed by atoms with Crippen LogP contribution in [0.1, 0.15) is 58.8 Å². The highest BCUT2D eigenvalue weighted by Crippen LogP contribution is 2.62. The molecule has 2 heterocycles. The molecule has 2 aromatic rings. The van der Waals surface area contributed by atoms with Gasteiger partial charge in [0.05, 0.1) is 17.2 Å². The lowest BCUT2D eigenvalue weighted by Gasteiger charge is -2.52. The number of halogens is 1. The van der Waals surface area contributed by atoms with E-state index in [1.807, 2.05) is 6.07 Å². The molecule has 2 aromatic heterocycles. The predicted octanol–water partition coefficient (Wildman–Crippen LogP) is 5.66. The van der Waals surface area contributed by atoms with Crippen LogP contribution in [0.3, 0.4) is 0 Å². The number of esters is 1. The number of aromatic nitrogens is 2. The molecule has 0 atom stereocenters. The molecule has 0 bridgehead atoms. The lowest BCUT2D eigenvalue weighted by Crippen LogP contribution is -2.34. The Morgan fingerprint density at radius 1 is 1.20 bits per heavy atom. The van der Waals surface area contributed by atoms with Gasteiger partial charge in [-0.1, -0.05) is 53.1 Å². The second-order valence-corrected chi connectivity index (χ2v) is 12.0.